The molecule has 3 heterocycles. The van der Waals surface area contributed by atoms with Gasteiger partial charge >= 0.3 is 0 Å². The van der Waals surface area contributed by atoms with Gasteiger partial charge in [-0.15, -0.1) is 11.3 Å². The number of amides is 1. The number of nitrogens with one attached hydrogen (secondary N) is 1. The first-order chi connectivity index (χ1) is 12.5. The Balaban J connectivity index is 1.42. The monoisotopic (exact) mass is 399 g/mol. The third-order valence-electron chi connectivity index (χ3n) is 5.31. The Bertz CT molecular complexity index is 677. The second kappa shape index (κ2) is 8.82. The standard InChI is InChI=1S/C18H29N3O3S2/c1-15(14-20-8-2-3-9-20)13-19-18(22)16-6-10-21(11-7-16)26(23,24)17-5-4-12-25-17/h4-5,12,15-16H,2-3,6-11,13-14H2,1H3,(H,19,22)/t15-/m1/s1. The van der Waals surface area contributed by atoms with Gasteiger partial charge < -0.3 is 10.2 Å². The third kappa shape index (κ3) is 4.85. The molecule has 1 aromatic rings. The molecule has 0 radical (unpaired) electrons. The van der Waals surface area contributed by atoms with Crippen LogP contribution in [0.4, 0.5) is 0 Å². The van der Waals surface area contributed by atoms with Gasteiger partial charge in [-0.3, -0.25) is 4.79 Å². The fourth-order valence-electron chi connectivity index (χ4n) is 3.79. The molecule has 2 aliphatic heterocycles. The fourth-order valence-corrected chi connectivity index (χ4v) is 6.40. The van der Waals surface area contributed by atoms with Crippen LogP contribution in [0.3, 0.4) is 0 Å². The van der Waals surface area contributed by atoms with Crippen LogP contribution in [0.5, 0.6) is 0 Å². The van der Waals surface area contributed by atoms with Crippen LogP contribution in [-0.2, 0) is 14.8 Å². The molecular weight excluding hydrogens is 370 g/mol. The topological polar surface area (TPSA) is 69.7 Å². The van der Waals surface area contributed by atoms with E-state index in [1.165, 1.54) is 41.6 Å². The summed E-state index contributed by atoms with van der Waals surface area (Å²) in [6.07, 6.45) is 3.76. The van der Waals surface area contributed by atoms with E-state index in [1.54, 1.807) is 17.5 Å². The molecule has 26 heavy (non-hydrogen) atoms. The Morgan fingerprint density at radius 2 is 1.96 bits per heavy atom. The Labute approximate surface area is 160 Å². The van der Waals surface area contributed by atoms with Crippen LogP contribution in [0, 0.1) is 11.8 Å². The molecule has 1 N–H and O–H groups in total. The summed E-state index contributed by atoms with van der Waals surface area (Å²) >= 11 is 1.24. The van der Waals surface area contributed by atoms with Gasteiger partial charge in [0.1, 0.15) is 4.21 Å². The van der Waals surface area contributed by atoms with E-state index in [4.69, 9.17) is 0 Å². The lowest BCUT2D eigenvalue weighted by molar-refractivity contribution is -0.126. The van der Waals surface area contributed by atoms with Crippen molar-refractivity contribution in [3.05, 3.63) is 17.5 Å². The molecule has 0 saturated carbocycles. The van der Waals surface area contributed by atoms with Gasteiger partial charge in [0.05, 0.1) is 0 Å². The summed E-state index contributed by atoms with van der Waals surface area (Å²) in [4.78, 5) is 14.9. The van der Waals surface area contributed by atoms with E-state index < -0.39 is 10.0 Å². The number of piperidine rings is 1. The zero-order valence-electron chi connectivity index (χ0n) is 15.4. The van der Waals surface area contributed by atoms with Crippen molar-refractivity contribution in [2.75, 3.05) is 39.3 Å². The number of hydrogen-bond donors (Lipinski definition) is 1. The Morgan fingerprint density at radius 1 is 1.27 bits per heavy atom. The SMILES string of the molecule is C[C@H](CNC(=O)C1CCN(S(=O)(=O)c2cccs2)CC1)CN1CCCC1. The fraction of sp³-hybridized carbons (Fsp3) is 0.722. The highest BCUT2D eigenvalue weighted by atomic mass is 32.2. The second-order valence-corrected chi connectivity index (χ2v) is 10.6. The molecule has 2 fully saturated rings. The first kappa shape index (κ1) is 19.8. The number of rotatable bonds is 7. The van der Waals surface area contributed by atoms with Crippen molar-refractivity contribution >= 4 is 27.3 Å². The van der Waals surface area contributed by atoms with E-state index in [2.05, 4.69) is 17.1 Å². The van der Waals surface area contributed by atoms with Crippen LogP contribution < -0.4 is 5.32 Å². The smallest absolute Gasteiger partial charge is 0.252 e. The molecule has 2 saturated heterocycles. The molecule has 1 amide bonds. The van der Waals surface area contributed by atoms with Gasteiger partial charge in [-0.05, 0) is 56.1 Å². The molecule has 0 aliphatic carbocycles. The van der Waals surface area contributed by atoms with Gasteiger partial charge in [0, 0.05) is 32.1 Å². The van der Waals surface area contributed by atoms with Crippen LogP contribution in [0.1, 0.15) is 32.6 Å². The Hall–Kier alpha value is -0.960. The van der Waals surface area contributed by atoms with Crippen molar-refractivity contribution in [3.63, 3.8) is 0 Å². The highest BCUT2D eigenvalue weighted by molar-refractivity contribution is 7.91. The number of carbonyl (C=O) groups is 1. The van der Waals surface area contributed by atoms with Gasteiger partial charge in [0.25, 0.3) is 10.0 Å². The quantitative estimate of drug-likeness (QED) is 0.761. The summed E-state index contributed by atoms with van der Waals surface area (Å²) in [5, 5.41) is 4.85. The summed E-state index contributed by atoms with van der Waals surface area (Å²) in [6.45, 7) is 7.10. The van der Waals surface area contributed by atoms with Crippen LogP contribution >= 0.6 is 11.3 Å². The normalized spacial score (nSPS) is 21.7. The predicted molar refractivity (Wildman–Crippen MR) is 104 cm³/mol. The lowest BCUT2D eigenvalue weighted by Crippen LogP contribution is -2.44. The maximum atomic E-state index is 12.5. The molecule has 146 valence electrons. The molecule has 6 nitrogen and oxygen atoms in total. The van der Waals surface area contributed by atoms with Crippen molar-refractivity contribution in [1.29, 1.82) is 0 Å². The zero-order chi connectivity index (χ0) is 18.6. The number of thiophene rings is 1. The molecule has 3 rings (SSSR count). The third-order valence-corrected chi connectivity index (χ3v) is 8.58. The maximum absolute atomic E-state index is 12.5. The lowest BCUT2D eigenvalue weighted by Gasteiger charge is -2.30. The number of carbonyl (C=O) groups excluding carboxylic acids is 1. The minimum absolute atomic E-state index is 0.0754. The van der Waals surface area contributed by atoms with Gasteiger partial charge in [-0.2, -0.15) is 4.31 Å². The maximum Gasteiger partial charge on any atom is 0.252 e. The van der Waals surface area contributed by atoms with E-state index in [0.717, 1.165) is 6.54 Å². The minimum Gasteiger partial charge on any atom is -0.356 e. The number of likely N-dealkylation sites (tertiary alicyclic amines) is 1. The molecular formula is C18H29N3O3S2. The van der Waals surface area contributed by atoms with E-state index in [9.17, 15) is 13.2 Å². The van der Waals surface area contributed by atoms with Gasteiger partial charge in [-0.25, -0.2) is 8.42 Å². The van der Waals surface area contributed by atoms with Crippen molar-refractivity contribution in [2.45, 2.75) is 36.8 Å². The van der Waals surface area contributed by atoms with Crippen LogP contribution in [0.15, 0.2) is 21.7 Å². The van der Waals surface area contributed by atoms with E-state index in [-0.39, 0.29) is 11.8 Å². The molecule has 0 unspecified atom stereocenters. The van der Waals surface area contributed by atoms with Gasteiger partial charge in [0.15, 0.2) is 0 Å². The summed E-state index contributed by atoms with van der Waals surface area (Å²) in [7, 11) is -3.39. The number of nitrogens with zero attached hydrogens (tertiary/aromatic N) is 2. The van der Waals surface area contributed by atoms with Crippen molar-refractivity contribution < 1.29 is 13.2 Å². The molecule has 0 spiro atoms. The number of hydrogen-bond acceptors (Lipinski definition) is 5. The molecule has 8 heteroatoms. The first-order valence-corrected chi connectivity index (χ1v) is 11.8. The molecule has 0 bridgehead atoms. The molecule has 1 atom stereocenters. The van der Waals surface area contributed by atoms with E-state index in [1.807, 2.05) is 0 Å². The molecule has 2 aliphatic rings. The van der Waals surface area contributed by atoms with Crippen molar-refractivity contribution in [3.8, 4) is 0 Å². The van der Waals surface area contributed by atoms with E-state index in [0.29, 0.717) is 42.6 Å². The average molecular weight is 400 g/mol. The highest BCUT2D eigenvalue weighted by Gasteiger charge is 2.32. The van der Waals surface area contributed by atoms with Crippen LogP contribution in [0.2, 0.25) is 0 Å². The summed E-state index contributed by atoms with van der Waals surface area (Å²) in [6, 6.07) is 3.39. The van der Waals surface area contributed by atoms with Crippen molar-refractivity contribution in [1.82, 2.24) is 14.5 Å². The second-order valence-electron chi connectivity index (χ2n) is 7.47. The predicted octanol–water partition coefficient (Wildman–Crippen LogP) is 2.00. The van der Waals surface area contributed by atoms with Gasteiger partial charge in [-0.1, -0.05) is 13.0 Å². The zero-order valence-corrected chi connectivity index (χ0v) is 17.0. The van der Waals surface area contributed by atoms with E-state index >= 15 is 0 Å². The van der Waals surface area contributed by atoms with Crippen LogP contribution in [-0.4, -0.2) is 62.8 Å². The summed E-state index contributed by atoms with van der Waals surface area (Å²) < 4.78 is 27.0. The largest absolute Gasteiger partial charge is 0.356 e. The number of sulfonamides is 1. The van der Waals surface area contributed by atoms with Crippen molar-refractivity contribution in [2.24, 2.45) is 11.8 Å². The molecule has 0 aromatic carbocycles. The summed E-state index contributed by atoms with van der Waals surface area (Å²) in [5.74, 6) is 0.437. The highest BCUT2D eigenvalue weighted by Crippen LogP contribution is 2.26. The molecule has 1 aromatic heterocycles. The lowest BCUT2D eigenvalue weighted by atomic mass is 9.97. The first-order valence-electron chi connectivity index (χ1n) is 9.50. The Kier molecular flexibility index (Phi) is 6.71. The van der Waals surface area contributed by atoms with Gasteiger partial charge in [0.2, 0.25) is 5.91 Å². The average Bonchev–Trinajstić information content (AvgIpc) is 3.34. The Morgan fingerprint density at radius 3 is 2.58 bits per heavy atom. The summed E-state index contributed by atoms with van der Waals surface area (Å²) in [5.41, 5.74) is 0. The minimum atomic E-state index is -3.39. The van der Waals surface area contributed by atoms with Crippen LogP contribution in [0.25, 0.3) is 0 Å².